The van der Waals surface area contributed by atoms with Gasteiger partial charge < -0.3 is 5.11 Å². The normalized spacial score (nSPS) is 12.7. The molecule has 0 saturated carbocycles. The van der Waals surface area contributed by atoms with Gasteiger partial charge in [0.25, 0.3) is 0 Å². The van der Waals surface area contributed by atoms with Crippen molar-refractivity contribution in [3.05, 3.63) is 52.0 Å². The van der Waals surface area contributed by atoms with E-state index in [0.29, 0.717) is 6.42 Å². The number of nitrogens with zero attached hydrogens (tertiary/aromatic N) is 1. The quantitative estimate of drug-likeness (QED) is 0.861. The van der Waals surface area contributed by atoms with Gasteiger partial charge in [-0.05, 0) is 30.0 Å². The highest BCUT2D eigenvalue weighted by molar-refractivity contribution is 7.09. The van der Waals surface area contributed by atoms with Gasteiger partial charge in [-0.3, -0.25) is 4.98 Å². The lowest BCUT2D eigenvalue weighted by Gasteiger charge is -2.11. The van der Waals surface area contributed by atoms with Crippen molar-refractivity contribution in [3.8, 4) is 0 Å². The van der Waals surface area contributed by atoms with Crippen LogP contribution >= 0.6 is 11.3 Å². The minimum Gasteiger partial charge on any atom is -0.388 e. The Hall–Kier alpha value is -1.19. The maximum Gasteiger partial charge on any atom is 0.0855 e. The highest BCUT2D eigenvalue weighted by atomic mass is 32.1. The molecule has 0 radical (unpaired) electrons. The first-order valence-corrected chi connectivity index (χ1v) is 5.76. The fourth-order valence-corrected chi connectivity index (χ4v) is 2.30. The summed E-state index contributed by atoms with van der Waals surface area (Å²) in [4.78, 5) is 5.24. The van der Waals surface area contributed by atoms with Crippen LogP contribution in [0.4, 0.5) is 0 Å². The zero-order chi connectivity index (χ0) is 10.7. The highest BCUT2D eigenvalue weighted by Crippen LogP contribution is 2.22. The molecule has 0 bridgehead atoms. The summed E-state index contributed by atoms with van der Waals surface area (Å²) in [5.41, 5.74) is 2.01. The molecule has 15 heavy (non-hydrogen) atoms. The Morgan fingerprint density at radius 3 is 3.00 bits per heavy atom. The zero-order valence-electron chi connectivity index (χ0n) is 8.55. The van der Waals surface area contributed by atoms with Crippen molar-refractivity contribution in [1.29, 1.82) is 0 Å². The summed E-state index contributed by atoms with van der Waals surface area (Å²) in [6.07, 6.45) is 3.71. The number of aliphatic hydroxyl groups excluding tert-OH is 1. The van der Waals surface area contributed by atoms with E-state index < -0.39 is 6.10 Å². The summed E-state index contributed by atoms with van der Waals surface area (Å²) >= 11 is 1.67. The van der Waals surface area contributed by atoms with Crippen LogP contribution in [0.1, 0.15) is 22.1 Å². The van der Waals surface area contributed by atoms with Gasteiger partial charge in [0.2, 0.25) is 0 Å². The Morgan fingerprint density at radius 2 is 2.33 bits per heavy atom. The summed E-state index contributed by atoms with van der Waals surface area (Å²) in [5, 5.41) is 12.1. The average molecular weight is 219 g/mol. The van der Waals surface area contributed by atoms with E-state index in [1.54, 1.807) is 23.7 Å². The van der Waals surface area contributed by atoms with Gasteiger partial charge >= 0.3 is 0 Å². The minimum absolute atomic E-state index is 0.447. The van der Waals surface area contributed by atoms with Gasteiger partial charge in [0.05, 0.1) is 6.10 Å². The number of hydrogen-bond acceptors (Lipinski definition) is 3. The number of aromatic nitrogens is 1. The lowest BCUT2D eigenvalue weighted by atomic mass is 10.0. The average Bonchev–Trinajstić information content (AvgIpc) is 2.71. The van der Waals surface area contributed by atoms with E-state index in [0.717, 1.165) is 11.1 Å². The molecule has 0 aliphatic heterocycles. The number of pyridine rings is 1. The first kappa shape index (κ1) is 10.3. The van der Waals surface area contributed by atoms with Crippen LogP contribution in [0.15, 0.2) is 36.0 Å². The molecule has 2 heterocycles. The molecule has 0 amide bonds. The van der Waals surface area contributed by atoms with E-state index in [1.807, 2.05) is 30.5 Å². The van der Waals surface area contributed by atoms with Gasteiger partial charge in [-0.2, -0.15) is 0 Å². The van der Waals surface area contributed by atoms with Crippen LogP contribution in [-0.2, 0) is 6.42 Å². The topological polar surface area (TPSA) is 33.1 Å². The van der Waals surface area contributed by atoms with Crippen molar-refractivity contribution in [1.82, 2.24) is 4.98 Å². The molecule has 0 aliphatic rings. The van der Waals surface area contributed by atoms with E-state index in [9.17, 15) is 5.11 Å². The lowest BCUT2D eigenvalue weighted by molar-refractivity contribution is 0.178. The molecule has 1 N–H and O–H groups in total. The second kappa shape index (κ2) is 4.55. The predicted molar refractivity (Wildman–Crippen MR) is 62.0 cm³/mol. The monoisotopic (exact) mass is 219 g/mol. The first-order valence-electron chi connectivity index (χ1n) is 4.88. The van der Waals surface area contributed by atoms with E-state index in [-0.39, 0.29) is 0 Å². The highest BCUT2D eigenvalue weighted by Gasteiger charge is 2.11. The minimum atomic E-state index is -0.447. The second-order valence-electron chi connectivity index (χ2n) is 3.53. The predicted octanol–water partition coefficient (Wildman–Crippen LogP) is 2.73. The van der Waals surface area contributed by atoms with E-state index in [4.69, 9.17) is 0 Å². The molecule has 1 atom stereocenters. The van der Waals surface area contributed by atoms with Crippen LogP contribution < -0.4 is 0 Å². The largest absolute Gasteiger partial charge is 0.388 e. The van der Waals surface area contributed by atoms with Crippen molar-refractivity contribution in [2.24, 2.45) is 0 Å². The van der Waals surface area contributed by atoms with Gasteiger partial charge in [-0.1, -0.05) is 6.07 Å². The van der Waals surface area contributed by atoms with Gasteiger partial charge in [0.1, 0.15) is 0 Å². The van der Waals surface area contributed by atoms with Crippen molar-refractivity contribution >= 4 is 11.3 Å². The Kier molecular flexibility index (Phi) is 3.14. The number of thiophene rings is 1. The third-order valence-electron chi connectivity index (χ3n) is 2.41. The molecule has 0 aliphatic carbocycles. The van der Waals surface area contributed by atoms with Crippen LogP contribution in [0, 0.1) is 6.92 Å². The third kappa shape index (κ3) is 2.43. The molecule has 2 aromatic rings. The summed E-state index contributed by atoms with van der Waals surface area (Å²) in [6, 6.07) is 5.97. The molecule has 1 unspecified atom stereocenters. The maximum absolute atomic E-state index is 10.0. The Bertz CT molecular complexity index is 425. The number of rotatable bonds is 3. The Balaban J connectivity index is 2.15. The molecule has 2 nitrogen and oxygen atoms in total. The van der Waals surface area contributed by atoms with E-state index >= 15 is 0 Å². The third-order valence-corrected chi connectivity index (χ3v) is 3.31. The van der Waals surface area contributed by atoms with Crippen molar-refractivity contribution in [2.75, 3.05) is 0 Å². The number of hydrogen-bond donors (Lipinski definition) is 1. The standard InChI is InChI=1S/C12H13NOS/c1-9-4-5-13-8-11(9)12(14)7-10-3-2-6-15-10/h2-6,8,12,14H,7H2,1H3. The fraction of sp³-hybridized carbons (Fsp3) is 0.250. The van der Waals surface area contributed by atoms with Crippen LogP contribution in [0.3, 0.4) is 0 Å². The first-order chi connectivity index (χ1) is 7.27. The zero-order valence-corrected chi connectivity index (χ0v) is 9.37. The van der Waals surface area contributed by atoms with Crippen LogP contribution in [0.5, 0.6) is 0 Å². The molecular formula is C12H13NOS. The summed E-state index contributed by atoms with van der Waals surface area (Å²) in [6.45, 7) is 1.99. The number of aliphatic hydroxyl groups is 1. The smallest absolute Gasteiger partial charge is 0.0855 e. The van der Waals surface area contributed by atoms with Crippen molar-refractivity contribution < 1.29 is 5.11 Å². The SMILES string of the molecule is Cc1ccncc1C(O)Cc1cccs1. The molecule has 2 rings (SSSR count). The van der Waals surface area contributed by atoms with E-state index in [1.165, 1.54) is 4.88 Å². The second-order valence-corrected chi connectivity index (χ2v) is 4.56. The van der Waals surface area contributed by atoms with Crippen molar-refractivity contribution in [3.63, 3.8) is 0 Å². The van der Waals surface area contributed by atoms with Crippen LogP contribution in [0.2, 0.25) is 0 Å². The Morgan fingerprint density at radius 1 is 1.47 bits per heavy atom. The molecule has 0 saturated heterocycles. The summed E-state index contributed by atoms with van der Waals surface area (Å²) in [7, 11) is 0. The van der Waals surface area contributed by atoms with E-state index in [2.05, 4.69) is 4.98 Å². The molecule has 78 valence electrons. The number of aryl methyl sites for hydroxylation is 1. The summed E-state index contributed by atoms with van der Waals surface area (Å²) in [5.74, 6) is 0. The van der Waals surface area contributed by atoms with Gasteiger partial charge in [-0.25, -0.2) is 0 Å². The Labute approximate surface area is 93.2 Å². The van der Waals surface area contributed by atoms with Crippen LogP contribution in [0.25, 0.3) is 0 Å². The fourth-order valence-electron chi connectivity index (χ4n) is 1.55. The van der Waals surface area contributed by atoms with Gasteiger partial charge in [-0.15, -0.1) is 11.3 Å². The van der Waals surface area contributed by atoms with Crippen molar-refractivity contribution in [2.45, 2.75) is 19.4 Å². The molecule has 0 aromatic carbocycles. The molecule has 0 spiro atoms. The summed E-state index contributed by atoms with van der Waals surface area (Å²) < 4.78 is 0. The molecule has 0 fully saturated rings. The molecule has 3 heteroatoms. The maximum atomic E-state index is 10.0. The molecular weight excluding hydrogens is 206 g/mol. The van der Waals surface area contributed by atoms with Gasteiger partial charge in [0.15, 0.2) is 0 Å². The van der Waals surface area contributed by atoms with Crippen LogP contribution in [-0.4, -0.2) is 10.1 Å². The lowest BCUT2D eigenvalue weighted by Crippen LogP contribution is -2.03. The molecule has 2 aromatic heterocycles. The van der Waals surface area contributed by atoms with Gasteiger partial charge in [0, 0.05) is 29.3 Å².